The molecule has 0 radical (unpaired) electrons. The molecule has 4 heteroatoms. The van der Waals surface area contributed by atoms with Gasteiger partial charge in [-0.3, -0.25) is 4.79 Å². The molecule has 0 aliphatic carbocycles. The van der Waals surface area contributed by atoms with Crippen molar-refractivity contribution in [3.63, 3.8) is 0 Å². The van der Waals surface area contributed by atoms with Crippen LogP contribution in [0.25, 0.3) is 0 Å². The monoisotopic (exact) mass is 179 g/mol. The topological polar surface area (TPSA) is 49.3 Å². The van der Waals surface area contributed by atoms with Gasteiger partial charge in [-0.05, 0) is 25.8 Å². The second-order valence-electron chi connectivity index (χ2n) is 2.73. The maximum Gasteiger partial charge on any atom is 0.303 e. The fourth-order valence-corrected chi connectivity index (χ4v) is 1.30. The molecule has 1 atom stereocenters. The van der Waals surface area contributed by atoms with Gasteiger partial charge in [0.1, 0.15) is 0 Å². The van der Waals surface area contributed by atoms with E-state index in [1.165, 1.54) is 6.42 Å². The molecule has 2 N–H and O–H groups in total. The van der Waals surface area contributed by atoms with Gasteiger partial charge in [-0.2, -0.15) is 0 Å². The van der Waals surface area contributed by atoms with Gasteiger partial charge in [0, 0.05) is 12.5 Å². The summed E-state index contributed by atoms with van der Waals surface area (Å²) in [4.78, 5) is 10.1. The fraction of sp³-hybridized carbons (Fsp3) is 0.857. The summed E-state index contributed by atoms with van der Waals surface area (Å²) in [6, 6.07) is 0.469. The molecule has 0 aromatic carbocycles. The van der Waals surface area contributed by atoms with E-state index < -0.39 is 5.97 Å². The number of halogens is 1. The van der Waals surface area contributed by atoms with Gasteiger partial charge < -0.3 is 10.4 Å². The van der Waals surface area contributed by atoms with E-state index in [1.807, 2.05) is 0 Å². The van der Waals surface area contributed by atoms with Gasteiger partial charge in [-0.25, -0.2) is 0 Å². The minimum atomic E-state index is -0.686. The Morgan fingerprint density at radius 1 is 1.64 bits per heavy atom. The number of hydrogen-bond donors (Lipinski definition) is 2. The van der Waals surface area contributed by atoms with Crippen LogP contribution in [-0.4, -0.2) is 23.7 Å². The van der Waals surface area contributed by atoms with Crippen molar-refractivity contribution in [3.05, 3.63) is 0 Å². The Labute approximate surface area is 72.6 Å². The molecule has 66 valence electrons. The summed E-state index contributed by atoms with van der Waals surface area (Å²) < 4.78 is 0. The van der Waals surface area contributed by atoms with Gasteiger partial charge in [-0.1, -0.05) is 0 Å². The number of carboxylic acids is 1. The summed E-state index contributed by atoms with van der Waals surface area (Å²) in [6.07, 6.45) is 3.44. The molecule has 0 bridgehead atoms. The molecule has 1 saturated heterocycles. The minimum absolute atomic E-state index is 0. The molecular weight excluding hydrogens is 166 g/mol. The fourth-order valence-electron chi connectivity index (χ4n) is 1.30. The highest BCUT2D eigenvalue weighted by Crippen LogP contribution is 2.09. The Morgan fingerprint density at radius 2 is 2.36 bits per heavy atom. The van der Waals surface area contributed by atoms with Gasteiger partial charge in [-0.15, -0.1) is 12.4 Å². The molecule has 0 saturated carbocycles. The van der Waals surface area contributed by atoms with Crippen molar-refractivity contribution < 1.29 is 9.90 Å². The van der Waals surface area contributed by atoms with Crippen LogP contribution in [0.2, 0.25) is 0 Å². The molecule has 0 aromatic rings. The van der Waals surface area contributed by atoms with Gasteiger partial charge in [0.05, 0.1) is 0 Å². The molecule has 3 nitrogen and oxygen atoms in total. The van der Waals surface area contributed by atoms with E-state index in [2.05, 4.69) is 5.32 Å². The molecule has 0 aromatic heterocycles. The first-order valence-corrected chi connectivity index (χ1v) is 3.74. The lowest BCUT2D eigenvalue weighted by Gasteiger charge is -2.05. The lowest BCUT2D eigenvalue weighted by Crippen LogP contribution is -2.21. The Bertz CT molecular complexity index is 124. The lowest BCUT2D eigenvalue weighted by atomic mass is 10.1. The van der Waals surface area contributed by atoms with Crippen LogP contribution in [-0.2, 0) is 4.79 Å². The average molecular weight is 180 g/mol. The maximum absolute atomic E-state index is 10.1. The van der Waals surface area contributed by atoms with E-state index in [0.717, 1.165) is 19.4 Å². The van der Waals surface area contributed by atoms with Crippen molar-refractivity contribution in [1.29, 1.82) is 0 Å². The van der Waals surface area contributed by atoms with E-state index >= 15 is 0 Å². The first kappa shape index (κ1) is 10.7. The predicted molar refractivity (Wildman–Crippen MR) is 45.1 cm³/mol. The van der Waals surface area contributed by atoms with Crippen LogP contribution in [0.5, 0.6) is 0 Å². The Morgan fingerprint density at radius 3 is 2.82 bits per heavy atom. The maximum atomic E-state index is 10.1. The van der Waals surface area contributed by atoms with Crippen molar-refractivity contribution in [3.8, 4) is 0 Å². The Balaban J connectivity index is 0.000001000. The number of carbonyl (C=O) groups is 1. The quantitative estimate of drug-likeness (QED) is 0.681. The molecule has 1 unspecified atom stereocenters. The first-order chi connectivity index (χ1) is 4.79. The van der Waals surface area contributed by atoms with Crippen molar-refractivity contribution in [1.82, 2.24) is 5.32 Å². The molecule has 0 spiro atoms. The zero-order chi connectivity index (χ0) is 7.40. The number of rotatable bonds is 3. The summed E-state index contributed by atoms with van der Waals surface area (Å²) in [5, 5.41) is 11.6. The summed E-state index contributed by atoms with van der Waals surface area (Å²) in [5.74, 6) is -0.686. The largest absolute Gasteiger partial charge is 0.481 e. The molecule has 0 amide bonds. The van der Waals surface area contributed by atoms with E-state index in [1.54, 1.807) is 0 Å². The third kappa shape index (κ3) is 4.22. The van der Waals surface area contributed by atoms with E-state index in [0.29, 0.717) is 12.5 Å². The normalized spacial score (nSPS) is 22.7. The van der Waals surface area contributed by atoms with Gasteiger partial charge >= 0.3 is 5.97 Å². The Hall–Kier alpha value is -0.280. The summed E-state index contributed by atoms with van der Waals surface area (Å²) in [7, 11) is 0. The van der Waals surface area contributed by atoms with Crippen LogP contribution in [0.1, 0.15) is 25.7 Å². The highest BCUT2D eigenvalue weighted by atomic mass is 35.5. The molecule has 1 aliphatic heterocycles. The smallest absolute Gasteiger partial charge is 0.303 e. The summed E-state index contributed by atoms with van der Waals surface area (Å²) >= 11 is 0. The second-order valence-corrected chi connectivity index (χ2v) is 2.73. The van der Waals surface area contributed by atoms with Crippen LogP contribution in [0, 0.1) is 0 Å². The van der Waals surface area contributed by atoms with Crippen molar-refractivity contribution >= 4 is 18.4 Å². The zero-order valence-corrected chi connectivity index (χ0v) is 7.19. The first-order valence-electron chi connectivity index (χ1n) is 3.74. The highest BCUT2D eigenvalue weighted by molar-refractivity contribution is 5.85. The van der Waals surface area contributed by atoms with E-state index in [-0.39, 0.29) is 12.4 Å². The van der Waals surface area contributed by atoms with Gasteiger partial charge in [0.15, 0.2) is 0 Å². The summed E-state index contributed by atoms with van der Waals surface area (Å²) in [6.45, 7) is 1.06. The van der Waals surface area contributed by atoms with Crippen LogP contribution < -0.4 is 5.32 Å². The molecule has 1 aliphatic rings. The van der Waals surface area contributed by atoms with E-state index in [4.69, 9.17) is 5.11 Å². The SMILES string of the molecule is Cl.O=C(O)CCC1CCCN1. The van der Waals surface area contributed by atoms with Crippen molar-refractivity contribution in [2.75, 3.05) is 6.54 Å². The van der Waals surface area contributed by atoms with E-state index in [9.17, 15) is 4.79 Å². The van der Waals surface area contributed by atoms with Crippen LogP contribution >= 0.6 is 12.4 Å². The van der Waals surface area contributed by atoms with Crippen molar-refractivity contribution in [2.45, 2.75) is 31.7 Å². The third-order valence-electron chi connectivity index (χ3n) is 1.87. The minimum Gasteiger partial charge on any atom is -0.481 e. The third-order valence-corrected chi connectivity index (χ3v) is 1.87. The predicted octanol–water partition coefficient (Wildman–Crippen LogP) is 1.02. The second kappa shape index (κ2) is 5.38. The lowest BCUT2D eigenvalue weighted by molar-refractivity contribution is -0.137. The van der Waals surface area contributed by atoms with Crippen LogP contribution in [0.4, 0.5) is 0 Å². The number of hydrogen-bond acceptors (Lipinski definition) is 2. The molecule has 1 rings (SSSR count). The number of aliphatic carboxylic acids is 1. The summed E-state index contributed by atoms with van der Waals surface area (Å²) in [5.41, 5.74) is 0. The zero-order valence-electron chi connectivity index (χ0n) is 6.38. The number of nitrogens with one attached hydrogen (secondary N) is 1. The van der Waals surface area contributed by atoms with Gasteiger partial charge in [0.2, 0.25) is 0 Å². The van der Waals surface area contributed by atoms with Crippen molar-refractivity contribution in [2.24, 2.45) is 0 Å². The molecular formula is C7H14ClNO2. The van der Waals surface area contributed by atoms with Crippen LogP contribution in [0.3, 0.4) is 0 Å². The average Bonchev–Trinajstić information content (AvgIpc) is 2.34. The Kier molecular flexibility index (Phi) is 5.24. The molecule has 1 heterocycles. The molecule has 1 fully saturated rings. The number of carboxylic acid groups (broad SMARTS) is 1. The van der Waals surface area contributed by atoms with Gasteiger partial charge in [0.25, 0.3) is 0 Å². The molecule has 11 heavy (non-hydrogen) atoms. The standard InChI is InChI=1S/C7H13NO2.ClH/c9-7(10)4-3-6-2-1-5-8-6;/h6,8H,1-5H2,(H,9,10);1H. The highest BCUT2D eigenvalue weighted by Gasteiger charge is 2.14. The van der Waals surface area contributed by atoms with Crippen LogP contribution in [0.15, 0.2) is 0 Å².